The molecule has 0 aliphatic carbocycles. The summed E-state index contributed by atoms with van der Waals surface area (Å²) in [6.45, 7) is 5.33. The molecule has 0 aromatic heterocycles. The lowest BCUT2D eigenvalue weighted by Gasteiger charge is -2.19. The van der Waals surface area contributed by atoms with E-state index in [1.807, 2.05) is 24.3 Å². The van der Waals surface area contributed by atoms with Gasteiger partial charge in [-0.2, -0.15) is 0 Å². The number of halogens is 1. The van der Waals surface area contributed by atoms with E-state index >= 15 is 0 Å². The number of benzene rings is 2. The highest BCUT2D eigenvalue weighted by molar-refractivity contribution is 9.10. The fourth-order valence-electron chi connectivity index (χ4n) is 2.36. The number of hydrogen-bond donors (Lipinski definition) is 0. The number of ether oxygens (including phenoxy) is 2. The average molecular weight is 387 g/mol. The Balaban J connectivity index is 1.78. The Labute approximate surface area is 150 Å². The summed E-state index contributed by atoms with van der Waals surface area (Å²) in [6, 6.07) is 13.1. The normalized spacial score (nSPS) is 16.0. The maximum Gasteiger partial charge on any atom is 0.185 e. The molecule has 0 unspecified atom stereocenters. The van der Waals surface area contributed by atoms with E-state index < -0.39 is 0 Å². The smallest absolute Gasteiger partial charge is 0.185 e. The molecule has 0 amide bonds. The van der Waals surface area contributed by atoms with E-state index in [1.54, 1.807) is 30.4 Å². The quantitative estimate of drug-likeness (QED) is 0.540. The largest absolute Gasteiger partial charge is 0.489 e. The Morgan fingerprint density at radius 2 is 1.83 bits per heavy atom. The van der Waals surface area contributed by atoms with Crippen LogP contribution in [0.1, 0.15) is 29.8 Å². The van der Waals surface area contributed by atoms with Crippen molar-refractivity contribution in [2.45, 2.75) is 13.8 Å². The van der Waals surface area contributed by atoms with Gasteiger partial charge in [-0.3, -0.25) is 4.79 Å². The summed E-state index contributed by atoms with van der Waals surface area (Å²) in [5.74, 6) is 1.25. The highest BCUT2D eigenvalue weighted by Gasteiger charge is 2.25. The van der Waals surface area contributed by atoms with E-state index in [0.29, 0.717) is 30.3 Å². The van der Waals surface area contributed by atoms with E-state index in [2.05, 4.69) is 29.8 Å². The first kappa shape index (κ1) is 16.8. The van der Waals surface area contributed by atoms with Crippen LogP contribution in [0.5, 0.6) is 11.5 Å². The molecule has 0 spiro atoms. The summed E-state index contributed by atoms with van der Waals surface area (Å²) in [5, 5.41) is 0. The summed E-state index contributed by atoms with van der Waals surface area (Å²) >= 11 is 3.42. The Morgan fingerprint density at radius 3 is 2.58 bits per heavy atom. The first-order chi connectivity index (χ1) is 11.4. The van der Waals surface area contributed by atoms with Crippen molar-refractivity contribution in [3.05, 3.63) is 64.1 Å². The van der Waals surface area contributed by atoms with Crippen molar-refractivity contribution < 1.29 is 14.3 Å². The van der Waals surface area contributed by atoms with Crippen molar-refractivity contribution in [2.24, 2.45) is 5.41 Å². The predicted octanol–water partition coefficient (Wildman–Crippen LogP) is 5.14. The second-order valence-corrected chi connectivity index (χ2v) is 7.57. The Morgan fingerprint density at radius 1 is 1.08 bits per heavy atom. The second-order valence-electron chi connectivity index (χ2n) is 6.66. The third-order valence-electron chi connectivity index (χ3n) is 3.74. The third kappa shape index (κ3) is 4.06. The van der Waals surface area contributed by atoms with Crippen LogP contribution in [-0.2, 0) is 0 Å². The Bertz CT molecular complexity index is 793. The lowest BCUT2D eigenvalue weighted by molar-refractivity contribution is 0.104. The number of allylic oxidation sites excluding steroid dienone is 1. The molecule has 24 heavy (non-hydrogen) atoms. The van der Waals surface area contributed by atoms with Crippen molar-refractivity contribution in [3.8, 4) is 11.5 Å². The fraction of sp³-hybridized carbons (Fsp3) is 0.250. The monoisotopic (exact) mass is 386 g/mol. The third-order valence-corrected chi connectivity index (χ3v) is 4.23. The molecule has 3 nitrogen and oxygen atoms in total. The number of carbonyl (C=O) groups excluding carboxylic acids is 1. The molecule has 0 saturated heterocycles. The van der Waals surface area contributed by atoms with Crippen molar-refractivity contribution in [1.29, 1.82) is 0 Å². The lowest BCUT2D eigenvalue weighted by atomic mass is 9.97. The lowest BCUT2D eigenvalue weighted by Crippen LogP contribution is -2.26. The zero-order valence-corrected chi connectivity index (χ0v) is 15.3. The SMILES string of the molecule is CC1(C)COc2ccc(C(=O)/C=C/c3cccc(Br)c3)cc2OC1. The van der Waals surface area contributed by atoms with Crippen LogP contribution in [0.15, 0.2) is 53.0 Å². The number of carbonyl (C=O) groups is 1. The zero-order chi connectivity index (χ0) is 17.2. The average Bonchev–Trinajstić information content (AvgIpc) is 2.71. The molecule has 124 valence electrons. The second kappa shape index (κ2) is 6.81. The van der Waals surface area contributed by atoms with Gasteiger partial charge in [0, 0.05) is 15.5 Å². The van der Waals surface area contributed by atoms with Gasteiger partial charge in [0.2, 0.25) is 0 Å². The van der Waals surface area contributed by atoms with E-state index in [-0.39, 0.29) is 11.2 Å². The van der Waals surface area contributed by atoms with Crippen LogP contribution in [0.25, 0.3) is 6.08 Å². The number of hydrogen-bond acceptors (Lipinski definition) is 3. The molecule has 0 fully saturated rings. The van der Waals surface area contributed by atoms with Crippen molar-refractivity contribution in [2.75, 3.05) is 13.2 Å². The molecule has 0 radical (unpaired) electrons. The van der Waals surface area contributed by atoms with Crippen LogP contribution in [0.4, 0.5) is 0 Å². The van der Waals surface area contributed by atoms with Crippen molar-refractivity contribution in [1.82, 2.24) is 0 Å². The summed E-state index contributed by atoms with van der Waals surface area (Å²) in [5.41, 5.74) is 1.50. The van der Waals surface area contributed by atoms with Crippen LogP contribution in [-0.4, -0.2) is 19.0 Å². The van der Waals surface area contributed by atoms with E-state index in [1.165, 1.54) is 0 Å². The summed E-state index contributed by atoms with van der Waals surface area (Å²) in [6.07, 6.45) is 3.38. The minimum atomic E-state index is -0.0649. The van der Waals surface area contributed by atoms with E-state index in [0.717, 1.165) is 10.0 Å². The van der Waals surface area contributed by atoms with Crippen LogP contribution in [0.3, 0.4) is 0 Å². The van der Waals surface area contributed by atoms with Gasteiger partial charge in [-0.05, 0) is 42.0 Å². The van der Waals surface area contributed by atoms with E-state index in [4.69, 9.17) is 9.47 Å². The standard InChI is InChI=1S/C20H19BrO3/c1-20(2)12-23-18-9-7-15(11-19(18)24-13-20)17(22)8-6-14-4-3-5-16(21)10-14/h3-11H,12-13H2,1-2H3/b8-6+. The van der Waals surface area contributed by atoms with Crippen molar-refractivity contribution in [3.63, 3.8) is 0 Å². The van der Waals surface area contributed by atoms with Crippen LogP contribution in [0.2, 0.25) is 0 Å². The molecule has 1 aliphatic rings. The molecular weight excluding hydrogens is 368 g/mol. The van der Waals surface area contributed by atoms with Gasteiger partial charge in [-0.15, -0.1) is 0 Å². The first-order valence-corrected chi connectivity index (χ1v) is 8.60. The van der Waals surface area contributed by atoms with Crippen molar-refractivity contribution >= 4 is 27.8 Å². The summed E-state index contributed by atoms with van der Waals surface area (Å²) < 4.78 is 12.6. The Kier molecular flexibility index (Phi) is 4.76. The van der Waals surface area contributed by atoms with Gasteiger partial charge >= 0.3 is 0 Å². The van der Waals surface area contributed by atoms with Gasteiger partial charge in [0.1, 0.15) is 0 Å². The maximum absolute atomic E-state index is 12.4. The minimum absolute atomic E-state index is 0.0518. The number of fused-ring (bicyclic) bond motifs is 1. The van der Waals surface area contributed by atoms with Gasteiger partial charge < -0.3 is 9.47 Å². The van der Waals surface area contributed by atoms with Gasteiger partial charge in [0.05, 0.1) is 13.2 Å². The molecule has 0 atom stereocenters. The van der Waals surface area contributed by atoms with E-state index in [9.17, 15) is 4.79 Å². The molecule has 2 aromatic rings. The topological polar surface area (TPSA) is 35.5 Å². The first-order valence-electron chi connectivity index (χ1n) is 7.81. The molecule has 2 aromatic carbocycles. The summed E-state index contributed by atoms with van der Waals surface area (Å²) in [7, 11) is 0. The molecule has 0 bridgehead atoms. The predicted molar refractivity (Wildman–Crippen MR) is 98.7 cm³/mol. The van der Waals surface area contributed by atoms with Gasteiger partial charge in [-0.1, -0.05) is 48.0 Å². The molecule has 4 heteroatoms. The minimum Gasteiger partial charge on any atom is -0.489 e. The molecule has 0 N–H and O–H groups in total. The number of rotatable bonds is 3. The van der Waals surface area contributed by atoms with Crippen LogP contribution >= 0.6 is 15.9 Å². The molecule has 1 aliphatic heterocycles. The van der Waals surface area contributed by atoms with Gasteiger partial charge in [0.15, 0.2) is 17.3 Å². The summed E-state index contributed by atoms with van der Waals surface area (Å²) in [4.78, 5) is 12.4. The zero-order valence-electron chi connectivity index (χ0n) is 13.7. The maximum atomic E-state index is 12.4. The Hall–Kier alpha value is -2.07. The highest BCUT2D eigenvalue weighted by atomic mass is 79.9. The molecule has 0 saturated carbocycles. The van der Waals surface area contributed by atoms with Gasteiger partial charge in [-0.25, -0.2) is 0 Å². The molecule has 3 rings (SSSR count). The van der Waals surface area contributed by atoms with Crippen LogP contribution < -0.4 is 9.47 Å². The molecular formula is C20H19BrO3. The van der Waals surface area contributed by atoms with Gasteiger partial charge in [0.25, 0.3) is 0 Å². The van der Waals surface area contributed by atoms with Crippen LogP contribution in [0, 0.1) is 5.41 Å². The fourth-order valence-corrected chi connectivity index (χ4v) is 2.78. The highest BCUT2D eigenvalue weighted by Crippen LogP contribution is 2.34. The number of ketones is 1. The molecule has 1 heterocycles.